The fourth-order valence-corrected chi connectivity index (χ4v) is 1.03. The molecule has 0 bridgehead atoms. The van der Waals surface area contributed by atoms with Crippen LogP contribution in [0, 0.1) is 12.3 Å². The minimum Gasteiger partial charge on any atom is -0.478 e. The summed E-state index contributed by atoms with van der Waals surface area (Å²) < 4.78 is 0. The standard InChI is InChI=1S/C10H11N3O2/c1-3-5-13(4-2)10-11-6-8(7-12-10)9(14)15/h1,6-7H,4-5H2,2H3,(H,14,15). The molecule has 1 aromatic rings. The van der Waals surface area contributed by atoms with E-state index in [-0.39, 0.29) is 5.56 Å². The van der Waals surface area contributed by atoms with Crippen molar-refractivity contribution in [2.45, 2.75) is 6.92 Å². The van der Waals surface area contributed by atoms with Crippen LogP contribution in [-0.2, 0) is 0 Å². The maximum absolute atomic E-state index is 10.6. The predicted molar refractivity (Wildman–Crippen MR) is 55.7 cm³/mol. The third-order valence-electron chi connectivity index (χ3n) is 1.83. The van der Waals surface area contributed by atoms with Gasteiger partial charge in [0.2, 0.25) is 5.95 Å². The van der Waals surface area contributed by atoms with Crippen molar-refractivity contribution in [2.24, 2.45) is 0 Å². The largest absolute Gasteiger partial charge is 0.478 e. The highest BCUT2D eigenvalue weighted by molar-refractivity contribution is 5.86. The van der Waals surface area contributed by atoms with E-state index in [1.807, 2.05) is 6.92 Å². The number of aromatic carboxylic acids is 1. The van der Waals surface area contributed by atoms with E-state index in [1.54, 1.807) is 4.90 Å². The van der Waals surface area contributed by atoms with Crippen molar-refractivity contribution in [3.05, 3.63) is 18.0 Å². The summed E-state index contributed by atoms with van der Waals surface area (Å²) in [5.74, 6) is 1.89. The second-order valence-corrected chi connectivity index (χ2v) is 2.80. The van der Waals surface area contributed by atoms with Gasteiger partial charge in [0.05, 0.1) is 12.1 Å². The van der Waals surface area contributed by atoms with Crippen LogP contribution in [0.5, 0.6) is 0 Å². The van der Waals surface area contributed by atoms with E-state index >= 15 is 0 Å². The molecule has 0 spiro atoms. The molecule has 0 saturated carbocycles. The van der Waals surface area contributed by atoms with Crippen molar-refractivity contribution < 1.29 is 9.90 Å². The summed E-state index contributed by atoms with van der Waals surface area (Å²) >= 11 is 0. The summed E-state index contributed by atoms with van der Waals surface area (Å²) in [7, 11) is 0. The Morgan fingerprint density at radius 2 is 2.20 bits per heavy atom. The molecule has 1 aromatic heterocycles. The molecule has 0 aliphatic carbocycles. The Bertz CT molecular complexity index is 381. The van der Waals surface area contributed by atoms with E-state index < -0.39 is 5.97 Å². The molecule has 0 saturated heterocycles. The molecule has 0 unspecified atom stereocenters. The normalized spacial score (nSPS) is 9.33. The molecule has 0 aliphatic heterocycles. The molecule has 5 heteroatoms. The van der Waals surface area contributed by atoms with Gasteiger partial charge in [-0.1, -0.05) is 5.92 Å². The summed E-state index contributed by atoms with van der Waals surface area (Å²) in [5.41, 5.74) is 0.0653. The zero-order chi connectivity index (χ0) is 11.3. The van der Waals surface area contributed by atoms with E-state index in [1.165, 1.54) is 12.4 Å². The van der Waals surface area contributed by atoms with E-state index in [0.29, 0.717) is 19.0 Å². The van der Waals surface area contributed by atoms with Crippen LogP contribution in [0.2, 0.25) is 0 Å². The van der Waals surface area contributed by atoms with E-state index in [0.717, 1.165) is 0 Å². The number of rotatable bonds is 4. The fourth-order valence-electron chi connectivity index (χ4n) is 1.03. The van der Waals surface area contributed by atoms with Gasteiger partial charge >= 0.3 is 5.97 Å². The number of carboxylic acids is 1. The highest BCUT2D eigenvalue weighted by atomic mass is 16.4. The summed E-state index contributed by atoms with van der Waals surface area (Å²) in [6, 6.07) is 0. The van der Waals surface area contributed by atoms with Gasteiger partial charge in [0.25, 0.3) is 0 Å². The van der Waals surface area contributed by atoms with E-state index in [4.69, 9.17) is 11.5 Å². The second kappa shape index (κ2) is 4.96. The Labute approximate surface area is 87.8 Å². The van der Waals surface area contributed by atoms with Crippen LogP contribution < -0.4 is 4.90 Å². The van der Waals surface area contributed by atoms with Gasteiger partial charge in [-0.3, -0.25) is 0 Å². The lowest BCUT2D eigenvalue weighted by Gasteiger charge is -2.16. The third kappa shape index (κ3) is 2.68. The number of anilines is 1. The van der Waals surface area contributed by atoms with E-state index in [9.17, 15) is 4.79 Å². The van der Waals surface area contributed by atoms with E-state index in [2.05, 4.69) is 15.9 Å². The highest BCUT2D eigenvalue weighted by Gasteiger charge is 2.08. The first-order valence-corrected chi connectivity index (χ1v) is 4.42. The number of carbonyl (C=O) groups is 1. The minimum absolute atomic E-state index is 0.0653. The lowest BCUT2D eigenvalue weighted by atomic mass is 10.3. The average molecular weight is 205 g/mol. The lowest BCUT2D eigenvalue weighted by Crippen LogP contribution is -2.25. The summed E-state index contributed by atoms with van der Waals surface area (Å²) in [4.78, 5) is 20.2. The second-order valence-electron chi connectivity index (χ2n) is 2.80. The monoisotopic (exact) mass is 205 g/mol. The van der Waals surface area contributed by atoms with Gasteiger partial charge in [0.1, 0.15) is 0 Å². The lowest BCUT2D eigenvalue weighted by molar-refractivity contribution is 0.0696. The molecule has 1 heterocycles. The maximum Gasteiger partial charge on any atom is 0.338 e. The zero-order valence-electron chi connectivity index (χ0n) is 8.34. The first kappa shape index (κ1) is 11.0. The third-order valence-corrected chi connectivity index (χ3v) is 1.83. The molecule has 1 rings (SSSR count). The van der Waals surface area contributed by atoms with Gasteiger partial charge < -0.3 is 10.0 Å². The number of terminal acetylenes is 1. The van der Waals surface area contributed by atoms with Crippen LogP contribution in [0.1, 0.15) is 17.3 Å². The van der Waals surface area contributed by atoms with Crippen LogP contribution in [0.25, 0.3) is 0 Å². The Morgan fingerprint density at radius 3 is 2.60 bits per heavy atom. The highest BCUT2D eigenvalue weighted by Crippen LogP contribution is 2.06. The SMILES string of the molecule is C#CCN(CC)c1ncc(C(=O)O)cn1. The number of hydrogen-bond donors (Lipinski definition) is 1. The average Bonchev–Trinajstić information content (AvgIpc) is 2.26. The van der Waals surface area contributed by atoms with Crippen molar-refractivity contribution in [1.82, 2.24) is 9.97 Å². The molecule has 5 nitrogen and oxygen atoms in total. The molecule has 0 radical (unpaired) electrons. The number of carboxylic acid groups (broad SMARTS) is 1. The Kier molecular flexibility index (Phi) is 3.63. The topological polar surface area (TPSA) is 66.3 Å². The molecular formula is C10H11N3O2. The Hall–Kier alpha value is -2.09. The van der Waals surface area contributed by atoms with Crippen LogP contribution >= 0.6 is 0 Å². The maximum atomic E-state index is 10.6. The smallest absolute Gasteiger partial charge is 0.338 e. The molecule has 0 aromatic carbocycles. The van der Waals surface area contributed by atoms with Gasteiger partial charge in [-0.25, -0.2) is 14.8 Å². The summed E-state index contributed by atoms with van der Waals surface area (Å²) in [5, 5.41) is 8.65. The molecule has 1 N–H and O–H groups in total. The zero-order valence-corrected chi connectivity index (χ0v) is 8.34. The summed E-state index contributed by atoms with van der Waals surface area (Å²) in [6.07, 6.45) is 7.71. The molecule has 0 aliphatic rings. The van der Waals surface area contributed by atoms with Crippen molar-refractivity contribution in [3.63, 3.8) is 0 Å². The molecule has 0 amide bonds. The Balaban J connectivity index is 2.87. The van der Waals surface area contributed by atoms with Gasteiger partial charge in [-0.2, -0.15) is 0 Å². The number of nitrogens with zero attached hydrogens (tertiary/aromatic N) is 3. The van der Waals surface area contributed by atoms with Gasteiger partial charge in [-0.15, -0.1) is 6.42 Å². The number of hydrogen-bond acceptors (Lipinski definition) is 4. The van der Waals surface area contributed by atoms with Crippen LogP contribution in [0.15, 0.2) is 12.4 Å². The fraction of sp³-hybridized carbons (Fsp3) is 0.300. The first-order chi connectivity index (χ1) is 7.19. The van der Waals surface area contributed by atoms with Crippen LogP contribution in [-0.4, -0.2) is 34.1 Å². The van der Waals surface area contributed by atoms with Gasteiger partial charge in [-0.05, 0) is 6.92 Å². The molecule has 0 fully saturated rings. The van der Waals surface area contributed by atoms with Crippen molar-refractivity contribution in [3.8, 4) is 12.3 Å². The van der Waals surface area contributed by atoms with Crippen LogP contribution in [0.3, 0.4) is 0 Å². The predicted octanol–water partition coefficient (Wildman–Crippen LogP) is 0.634. The van der Waals surface area contributed by atoms with Crippen LogP contribution in [0.4, 0.5) is 5.95 Å². The summed E-state index contributed by atoms with van der Waals surface area (Å²) in [6.45, 7) is 3.01. The van der Waals surface area contributed by atoms with Crippen molar-refractivity contribution in [2.75, 3.05) is 18.0 Å². The van der Waals surface area contributed by atoms with Crippen molar-refractivity contribution in [1.29, 1.82) is 0 Å². The minimum atomic E-state index is -1.04. The van der Waals surface area contributed by atoms with Gasteiger partial charge in [0.15, 0.2) is 0 Å². The van der Waals surface area contributed by atoms with Crippen molar-refractivity contribution >= 4 is 11.9 Å². The molecular weight excluding hydrogens is 194 g/mol. The Morgan fingerprint density at radius 1 is 1.60 bits per heavy atom. The molecule has 78 valence electrons. The quantitative estimate of drug-likeness (QED) is 0.730. The number of aromatic nitrogens is 2. The molecule has 0 atom stereocenters. The first-order valence-electron chi connectivity index (χ1n) is 4.42. The van der Waals surface area contributed by atoms with Gasteiger partial charge in [0, 0.05) is 18.9 Å². The molecule has 15 heavy (non-hydrogen) atoms.